The van der Waals surface area contributed by atoms with E-state index in [0.29, 0.717) is 6.54 Å². The summed E-state index contributed by atoms with van der Waals surface area (Å²) in [7, 11) is 4.14. The smallest absolute Gasteiger partial charge is 0.136 e. The highest BCUT2D eigenvalue weighted by Gasteiger charge is 2.07. The number of para-hydroxylation sites is 1. The van der Waals surface area contributed by atoms with Gasteiger partial charge in [-0.2, -0.15) is 0 Å². The molecule has 17 heavy (non-hydrogen) atoms. The van der Waals surface area contributed by atoms with Gasteiger partial charge in [-0.3, -0.25) is 0 Å². The number of hydrogen-bond donors (Lipinski definition) is 1. The summed E-state index contributed by atoms with van der Waals surface area (Å²) in [6.45, 7) is 2.42. The van der Waals surface area contributed by atoms with Gasteiger partial charge in [-0.15, -0.1) is 0 Å². The van der Waals surface area contributed by atoms with Gasteiger partial charge < -0.3 is 15.4 Å². The van der Waals surface area contributed by atoms with Crippen LogP contribution in [0.3, 0.4) is 0 Å². The van der Waals surface area contributed by atoms with E-state index < -0.39 is 0 Å². The molecule has 2 N–H and O–H groups in total. The zero-order valence-electron chi connectivity index (χ0n) is 10.6. The van der Waals surface area contributed by atoms with Crippen LogP contribution in [0.4, 0.5) is 0 Å². The van der Waals surface area contributed by atoms with Gasteiger partial charge in [0, 0.05) is 6.54 Å². The molecule has 0 fully saturated rings. The van der Waals surface area contributed by atoms with Gasteiger partial charge in [-0.1, -0.05) is 12.1 Å². The maximum Gasteiger partial charge on any atom is 0.136 e. The molecule has 0 atom stereocenters. The lowest BCUT2D eigenvalue weighted by molar-refractivity contribution is 0.278. The van der Waals surface area contributed by atoms with Gasteiger partial charge in [-0.05, 0) is 61.0 Å². The van der Waals surface area contributed by atoms with E-state index in [9.17, 15) is 0 Å². The van der Waals surface area contributed by atoms with E-state index >= 15 is 0 Å². The summed E-state index contributed by atoms with van der Waals surface area (Å²) < 4.78 is 6.85. The molecular formula is C13H21BrN2O. The van der Waals surface area contributed by atoms with Crippen molar-refractivity contribution < 1.29 is 4.74 Å². The van der Waals surface area contributed by atoms with Gasteiger partial charge in [0.05, 0.1) is 11.1 Å². The van der Waals surface area contributed by atoms with Crippen LogP contribution in [0, 0.1) is 0 Å². The van der Waals surface area contributed by atoms with Gasteiger partial charge in [-0.25, -0.2) is 0 Å². The van der Waals surface area contributed by atoms with Gasteiger partial charge in [0.2, 0.25) is 0 Å². The van der Waals surface area contributed by atoms with Crippen molar-refractivity contribution in [2.75, 3.05) is 33.8 Å². The summed E-state index contributed by atoms with van der Waals surface area (Å²) in [5.41, 5.74) is 6.77. The fraction of sp³-hybridized carbons (Fsp3) is 0.538. The van der Waals surface area contributed by atoms with Crippen LogP contribution in [0.1, 0.15) is 12.0 Å². The molecule has 96 valence electrons. The van der Waals surface area contributed by atoms with Gasteiger partial charge in [0.25, 0.3) is 0 Å². The number of nitrogens with zero attached hydrogens (tertiary/aromatic N) is 1. The van der Waals surface area contributed by atoms with Crippen LogP contribution in [0.25, 0.3) is 0 Å². The number of benzene rings is 1. The highest BCUT2D eigenvalue weighted by molar-refractivity contribution is 9.10. The summed E-state index contributed by atoms with van der Waals surface area (Å²) in [6, 6.07) is 6.09. The molecule has 0 aliphatic rings. The molecule has 0 aromatic heterocycles. The molecule has 0 bridgehead atoms. The molecule has 0 heterocycles. The van der Waals surface area contributed by atoms with Crippen molar-refractivity contribution in [1.29, 1.82) is 0 Å². The molecule has 0 aliphatic heterocycles. The fourth-order valence-electron chi connectivity index (χ4n) is 1.62. The molecule has 1 rings (SSSR count). The molecule has 0 spiro atoms. The largest absolute Gasteiger partial charge is 0.492 e. The van der Waals surface area contributed by atoms with Crippen molar-refractivity contribution >= 4 is 15.9 Å². The average Bonchev–Trinajstić information content (AvgIpc) is 2.27. The molecule has 0 unspecified atom stereocenters. The summed E-state index contributed by atoms with van der Waals surface area (Å²) in [5, 5.41) is 0. The van der Waals surface area contributed by atoms with Crippen LogP contribution in [-0.2, 0) is 6.42 Å². The lowest BCUT2D eigenvalue weighted by Crippen LogP contribution is -2.16. The van der Waals surface area contributed by atoms with Gasteiger partial charge in [0.1, 0.15) is 5.75 Å². The number of hydrogen-bond acceptors (Lipinski definition) is 3. The monoisotopic (exact) mass is 300 g/mol. The van der Waals surface area contributed by atoms with Crippen molar-refractivity contribution in [3.05, 3.63) is 28.2 Å². The Labute approximate surface area is 112 Å². The molecule has 3 nitrogen and oxygen atoms in total. The Kier molecular flexibility index (Phi) is 6.55. The first-order valence-electron chi connectivity index (χ1n) is 5.90. The van der Waals surface area contributed by atoms with E-state index in [0.717, 1.165) is 36.2 Å². The second-order valence-corrected chi connectivity index (χ2v) is 5.13. The van der Waals surface area contributed by atoms with Crippen molar-refractivity contribution in [1.82, 2.24) is 4.90 Å². The molecule has 4 heteroatoms. The third-order valence-electron chi connectivity index (χ3n) is 2.46. The minimum absolute atomic E-state index is 0.643. The van der Waals surface area contributed by atoms with Gasteiger partial charge in [0.15, 0.2) is 0 Å². The van der Waals surface area contributed by atoms with Crippen molar-refractivity contribution in [2.24, 2.45) is 5.73 Å². The highest BCUT2D eigenvalue weighted by atomic mass is 79.9. The summed E-state index contributed by atoms with van der Waals surface area (Å²) in [5.74, 6) is 0.941. The Hall–Kier alpha value is -0.580. The molecule has 1 aromatic carbocycles. The lowest BCUT2D eigenvalue weighted by atomic mass is 10.1. The van der Waals surface area contributed by atoms with E-state index in [1.165, 1.54) is 5.56 Å². The quantitative estimate of drug-likeness (QED) is 0.785. The van der Waals surface area contributed by atoms with Crippen molar-refractivity contribution in [2.45, 2.75) is 12.8 Å². The Morgan fingerprint density at radius 3 is 2.76 bits per heavy atom. The molecule has 0 radical (unpaired) electrons. The fourth-order valence-corrected chi connectivity index (χ4v) is 2.14. The third kappa shape index (κ3) is 5.06. The molecular weight excluding hydrogens is 280 g/mol. The van der Waals surface area contributed by atoms with Crippen LogP contribution >= 0.6 is 15.9 Å². The molecule has 0 saturated heterocycles. The van der Waals surface area contributed by atoms with Crippen LogP contribution in [-0.4, -0.2) is 38.7 Å². The van der Waals surface area contributed by atoms with Crippen LogP contribution in [0.15, 0.2) is 22.7 Å². The summed E-state index contributed by atoms with van der Waals surface area (Å²) in [6.07, 6.45) is 1.87. The minimum atomic E-state index is 0.643. The number of rotatable bonds is 7. The minimum Gasteiger partial charge on any atom is -0.492 e. The molecule has 0 amide bonds. The third-order valence-corrected chi connectivity index (χ3v) is 3.08. The maximum atomic E-state index is 5.84. The Morgan fingerprint density at radius 2 is 2.12 bits per heavy atom. The van der Waals surface area contributed by atoms with E-state index in [2.05, 4.69) is 41.0 Å². The predicted octanol–water partition coefficient (Wildman–Crippen LogP) is 2.28. The lowest BCUT2D eigenvalue weighted by Gasteiger charge is -2.14. The summed E-state index contributed by atoms with van der Waals surface area (Å²) >= 11 is 3.52. The average molecular weight is 301 g/mol. The van der Waals surface area contributed by atoms with Crippen LogP contribution in [0.5, 0.6) is 5.75 Å². The molecule has 1 aromatic rings. The zero-order valence-corrected chi connectivity index (χ0v) is 12.2. The number of ether oxygens (including phenoxy) is 1. The van der Waals surface area contributed by atoms with Gasteiger partial charge >= 0.3 is 0 Å². The van der Waals surface area contributed by atoms with Crippen LogP contribution < -0.4 is 10.5 Å². The Bertz CT molecular complexity index is 342. The Morgan fingerprint density at radius 1 is 1.35 bits per heavy atom. The van der Waals surface area contributed by atoms with E-state index in [-0.39, 0.29) is 0 Å². The van der Waals surface area contributed by atoms with Crippen LogP contribution in [0.2, 0.25) is 0 Å². The second kappa shape index (κ2) is 7.69. The van der Waals surface area contributed by atoms with Crippen molar-refractivity contribution in [3.63, 3.8) is 0 Å². The topological polar surface area (TPSA) is 38.5 Å². The Balaban J connectivity index is 2.56. The maximum absolute atomic E-state index is 5.84. The molecule has 0 saturated carbocycles. The highest BCUT2D eigenvalue weighted by Crippen LogP contribution is 2.29. The standard InChI is InChI=1S/C13H21BrN2O/c1-16(2)9-4-10-17-13-11(7-8-15)5-3-6-12(13)14/h3,5-6H,4,7-10,15H2,1-2H3. The normalized spacial score (nSPS) is 10.9. The second-order valence-electron chi connectivity index (χ2n) is 4.27. The predicted molar refractivity (Wildman–Crippen MR) is 75.6 cm³/mol. The van der Waals surface area contributed by atoms with E-state index in [1.807, 2.05) is 12.1 Å². The number of halogens is 1. The molecule has 0 aliphatic carbocycles. The first-order chi connectivity index (χ1) is 8.15. The first kappa shape index (κ1) is 14.5. The first-order valence-corrected chi connectivity index (χ1v) is 6.69. The number of nitrogens with two attached hydrogens (primary N) is 1. The van der Waals surface area contributed by atoms with E-state index in [1.54, 1.807) is 0 Å². The summed E-state index contributed by atoms with van der Waals surface area (Å²) in [4.78, 5) is 2.16. The SMILES string of the molecule is CN(C)CCCOc1c(Br)cccc1CCN. The zero-order chi connectivity index (χ0) is 12.7. The van der Waals surface area contributed by atoms with Crippen molar-refractivity contribution in [3.8, 4) is 5.75 Å². The van der Waals surface area contributed by atoms with E-state index in [4.69, 9.17) is 10.5 Å².